The van der Waals surface area contributed by atoms with Gasteiger partial charge in [-0.2, -0.15) is 0 Å². The van der Waals surface area contributed by atoms with Crippen LogP contribution in [0.2, 0.25) is 5.02 Å². The Hall–Kier alpha value is -1.06. The van der Waals surface area contributed by atoms with Crippen molar-refractivity contribution in [1.29, 1.82) is 0 Å². The van der Waals surface area contributed by atoms with E-state index in [4.69, 9.17) is 23.2 Å². The molecule has 0 aromatic heterocycles. The summed E-state index contributed by atoms with van der Waals surface area (Å²) >= 11 is 12.0. The van der Waals surface area contributed by atoms with Gasteiger partial charge in [0.05, 0.1) is 16.3 Å². The summed E-state index contributed by atoms with van der Waals surface area (Å²) in [5.74, 6) is -0.569. The zero-order chi connectivity index (χ0) is 13.6. The molecule has 0 saturated heterocycles. The molecule has 1 N–H and O–H groups in total. The number of carbonyl (C=O) groups is 2. The SMILES string of the molecule is Cc1c(Cl)c(C(=O)C(C)Cl)cc2c1NC(=O)C2C. The lowest BCUT2D eigenvalue weighted by molar-refractivity contribution is -0.116. The monoisotopic (exact) mass is 285 g/mol. The van der Waals surface area contributed by atoms with Crippen LogP contribution in [-0.2, 0) is 4.79 Å². The number of fused-ring (bicyclic) bond motifs is 1. The summed E-state index contributed by atoms with van der Waals surface area (Å²) in [6.07, 6.45) is 0. The zero-order valence-electron chi connectivity index (χ0n) is 10.3. The van der Waals surface area contributed by atoms with Crippen molar-refractivity contribution in [2.75, 3.05) is 5.32 Å². The van der Waals surface area contributed by atoms with Gasteiger partial charge in [0.2, 0.25) is 5.91 Å². The number of hydrogen-bond acceptors (Lipinski definition) is 2. The quantitative estimate of drug-likeness (QED) is 0.668. The fourth-order valence-corrected chi connectivity index (χ4v) is 2.45. The summed E-state index contributed by atoms with van der Waals surface area (Å²) < 4.78 is 0. The highest BCUT2D eigenvalue weighted by atomic mass is 35.5. The second-order valence-corrected chi connectivity index (χ2v) is 5.55. The van der Waals surface area contributed by atoms with Gasteiger partial charge in [0.15, 0.2) is 5.78 Å². The molecule has 0 bridgehead atoms. The van der Waals surface area contributed by atoms with Crippen LogP contribution in [0.25, 0.3) is 0 Å². The van der Waals surface area contributed by atoms with E-state index in [0.29, 0.717) is 16.1 Å². The molecule has 3 nitrogen and oxygen atoms in total. The van der Waals surface area contributed by atoms with Crippen LogP contribution in [0.3, 0.4) is 0 Å². The highest BCUT2D eigenvalue weighted by molar-refractivity contribution is 6.39. The van der Waals surface area contributed by atoms with E-state index in [-0.39, 0.29) is 17.6 Å². The Morgan fingerprint density at radius 1 is 1.50 bits per heavy atom. The van der Waals surface area contributed by atoms with E-state index in [9.17, 15) is 9.59 Å². The molecule has 0 aliphatic carbocycles. The molecule has 1 heterocycles. The van der Waals surface area contributed by atoms with Crippen LogP contribution in [0.5, 0.6) is 0 Å². The van der Waals surface area contributed by atoms with E-state index in [0.717, 1.165) is 11.3 Å². The van der Waals surface area contributed by atoms with Gasteiger partial charge in [-0.3, -0.25) is 9.59 Å². The number of halogens is 2. The molecule has 2 rings (SSSR count). The minimum Gasteiger partial charge on any atom is -0.325 e. The van der Waals surface area contributed by atoms with Crippen molar-refractivity contribution >= 4 is 40.6 Å². The van der Waals surface area contributed by atoms with Crippen molar-refractivity contribution in [2.45, 2.75) is 32.1 Å². The van der Waals surface area contributed by atoms with Crippen LogP contribution in [-0.4, -0.2) is 17.1 Å². The number of carbonyl (C=O) groups excluding carboxylic acids is 2. The lowest BCUT2D eigenvalue weighted by atomic mass is 9.95. The lowest BCUT2D eigenvalue weighted by Crippen LogP contribution is -2.12. The van der Waals surface area contributed by atoms with Crippen molar-refractivity contribution in [1.82, 2.24) is 0 Å². The number of benzene rings is 1. The number of rotatable bonds is 2. The van der Waals surface area contributed by atoms with Gasteiger partial charge < -0.3 is 5.32 Å². The first-order valence-electron chi connectivity index (χ1n) is 5.66. The van der Waals surface area contributed by atoms with Crippen molar-refractivity contribution in [2.24, 2.45) is 0 Å². The van der Waals surface area contributed by atoms with Crippen LogP contribution < -0.4 is 5.32 Å². The average molecular weight is 286 g/mol. The van der Waals surface area contributed by atoms with Crippen LogP contribution in [0.1, 0.15) is 41.3 Å². The molecular weight excluding hydrogens is 273 g/mol. The molecule has 2 atom stereocenters. The molecular formula is C13H13Cl2NO2. The molecule has 18 heavy (non-hydrogen) atoms. The number of hydrogen-bond donors (Lipinski definition) is 1. The Bertz CT molecular complexity index is 552. The maximum atomic E-state index is 12.0. The summed E-state index contributed by atoms with van der Waals surface area (Å²) in [6, 6.07) is 1.68. The van der Waals surface area contributed by atoms with Crippen LogP contribution in [0, 0.1) is 6.92 Å². The van der Waals surface area contributed by atoms with E-state index in [1.807, 2.05) is 0 Å². The summed E-state index contributed by atoms with van der Waals surface area (Å²) in [6.45, 7) is 5.19. The third kappa shape index (κ3) is 1.91. The number of anilines is 1. The molecule has 1 amide bonds. The Morgan fingerprint density at radius 2 is 2.11 bits per heavy atom. The summed E-state index contributed by atoms with van der Waals surface area (Å²) in [5, 5.41) is 2.51. The number of alkyl halides is 1. The maximum absolute atomic E-state index is 12.0. The van der Waals surface area contributed by atoms with Crippen molar-refractivity contribution < 1.29 is 9.59 Å². The maximum Gasteiger partial charge on any atom is 0.231 e. The first-order chi connectivity index (χ1) is 8.34. The van der Waals surface area contributed by atoms with Gasteiger partial charge >= 0.3 is 0 Å². The topological polar surface area (TPSA) is 46.2 Å². The smallest absolute Gasteiger partial charge is 0.231 e. The summed E-state index contributed by atoms with van der Waals surface area (Å²) in [7, 11) is 0. The van der Waals surface area contributed by atoms with E-state index in [1.165, 1.54) is 0 Å². The predicted octanol–water partition coefficient (Wildman–Crippen LogP) is 3.51. The Morgan fingerprint density at radius 3 is 2.67 bits per heavy atom. The summed E-state index contributed by atoms with van der Waals surface area (Å²) in [5.41, 5.74) is 2.63. The first kappa shape index (κ1) is 13.4. The second kappa shape index (κ2) is 4.56. The summed E-state index contributed by atoms with van der Waals surface area (Å²) in [4.78, 5) is 23.6. The molecule has 1 aromatic carbocycles. The van der Waals surface area contributed by atoms with Gasteiger partial charge in [-0.15, -0.1) is 11.6 Å². The average Bonchev–Trinajstić information content (AvgIpc) is 2.60. The molecule has 5 heteroatoms. The third-order valence-corrected chi connectivity index (χ3v) is 3.95. The van der Waals surface area contributed by atoms with Gasteiger partial charge in [-0.05, 0) is 38.0 Å². The highest BCUT2D eigenvalue weighted by Crippen LogP contribution is 2.40. The van der Waals surface area contributed by atoms with Gasteiger partial charge in [0, 0.05) is 11.3 Å². The van der Waals surface area contributed by atoms with E-state index >= 15 is 0 Å². The van der Waals surface area contributed by atoms with Crippen LogP contribution >= 0.6 is 23.2 Å². The van der Waals surface area contributed by atoms with Gasteiger partial charge in [0.25, 0.3) is 0 Å². The lowest BCUT2D eigenvalue weighted by Gasteiger charge is -2.12. The van der Waals surface area contributed by atoms with E-state index in [2.05, 4.69) is 5.32 Å². The first-order valence-corrected chi connectivity index (χ1v) is 6.48. The Balaban J connectivity index is 2.64. The van der Waals surface area contributed by atoms with Crippen LogP contribution in [0.4, 0.5) is 5.69 Å². The highest BCUT2D eigenvalue weighted by Gasteiger charge is 2.31. The molecule has 0 spiro atoms. The minimum absolute atomic E-state index is 0.0762. The van der Waals surface area contributed by atoms with E-state index in [1.54, 1.807) is 26.8 Å². The number of amides is 1. The minimum atomic E-state index is -0.639. The van der Waals surface area contributed by atoms with Crippen LogP contribution in [0.15, 0.2) is 6.07 Å². The predicted molar refractivity (Wildman–Crippen MR) is 72.9 cm³/mol. The van der Waals surface area contributed by atoms with Crippen molar-refractivity contribution in [3.8, 4) is 0 Å². The Labute approximate surface area is 115 Å². The third-order valence-electron chi connectivity index (χ3n) is 3.26. The largest absolute Gasteiger partial charge is 0.325 e. The standard InChI is InChI=1S/C13H13Cl2NO2/c1-5-8-4-9(12(17)7(3)14)10(15)6(2)11(8)16-13(5)18/h4-5,7H,1-3H3,(H,16,18). The van der Waals surface area contributed by atoms with Crippen molar-refractivity contribution in [3.05, 3.63) is 27.8 Å². The van der Waals surface area contributed by atoms with Gasteiger partial charge in [0.1, 0.15) is 0 Å². The second-order valence-electron chi connectivity index (χ2n) is 4.52. The van der Waals surface area contributed by atoms with Crippen molar-refractivity contribution in [3.63, 3.8) is 0 Å². The van der Waals surface area contributed by atoms with Gasteiger partial charge in [-0.1, -0.05) is 11.6 Å². The van der Waals surface area contributed by atoms with E-state index < -0.39 is 5.38 Å². The van der Waals surface area contributed by atoms with Gasteiger partial charge in [-0.25, -0.2) is 0 Å². The fourth-order valence-electron chi connectivity index (χ4n) is 2.09. The zero-order valence-corrected chi connectivity index (χ0v) is 11.8. The number of ketones is 1. The molecule has 1 aliphatic rings. The normalized spacial score (nSPS) is 19.4. The molecule has 1 aliphatic heterocycles. The molecule has 0 radical (unpaired) electrons. The molecule has 2 unspecified atom stereocenters. The Kier molecular flexibility index (Phi) is 3.39. The molecule has 1 aromatic rings. The molecule has 0 fully saturated rings. The molecule has 0 saturated carbocycles. The fraction of sp³-hybridized carbons (Fsp3) is 0.385. The molecule has 96 valence electrons. The number of nitrogens with one attached hydrogen (secondary N) is 1. The number of Topliss-reactive ketones (excluding diaryl/α,β-unsaturated/α-hetero) is 1.